The van der Waals surface area contributed by atoms with Crippen molar-refractivity contribution in [1.82, 2.24) is 20.0 Å². The first-order chi connectivity index (χ1) is 12.7. The van der Waals surface area contributed by atoms with Crippen molar-refractivity contribution < 1.29 is 4.79 Å². The number of hydrogen-bond donors (Lipinski definition) is 1. The van der Waals surface area contributed by atoms with Crippen molar-refractivity contribution in [2.24, 2.45) is 0 Å². The minimum Gasteiger partial charge on any atom is -0.368 e. The van der Waals surface area contributed by atoms with Crippen molar-refractivity contribution in [2.45, 2.75) is 25.3 Å². The quantitative estimate of drug-likeness (QED) is 0.820. The standard InChI is InChI=1S/C20H27N5O.2ClH/c1-17-5-2-3-6-18(17)23-13-15-24(16-14-23)19(26)20(7-10-21-11-8-20)25-12-4-9-22-25;;/h2-6,9,12,21H,7-8,10-11,13-16H2,1H3;2*1H. The zero-order valence-corrected chi connectivity index (χ0v) is 17.8. The highest BCUT2D eigenvalue weighted by Crippen LogP contribution is 2.30. The van der Waals surface area contributed by atoms with Gasteiger partial charge in [0.05, 0.1) is 0 Å². The second-order valence-corrected chi connectivity index (χ2v) is 7.30. The number of aromatic nitrogens is 2. The highest BCUT2D eigenvalue weighted by Gasteiger charge is 2.44. The van der Waals surface area contributed by atoms with Crippen LogP contribution in [-0.2, 0) is 10.3 Å². The molecule has 28 heavy (non-hydrogen) atoms. The van der Waals surface area contributed by atoms with Crippen LogP contribution in [0.5, 0.6) is 0 Å². The normalized spacial score (nSPS) is 18.8. The summed E-state index contributed by atoms with van der Waals surface area (Å²) in [5, 5.41) is 7.81. The van der Waals surface area contributed by atoms with E-state index in [1.165, 1.54) is 11.3 Å². The number of piperazine rings is 1. The lowest BCUT2D eigenvalue weighted by Crippen LogP contribution is -2.59. The molecule has 2 aliphatic heterocycles. The van der Waals surface area contributed by atoms with Crippen LogP contribution in [0.15, 0.2) is 42.7 Å². The van der Waals surface area contributed by atoms with E-state index in [1.54, 1.807) is 6.20 Å². The molecule has 6 nitrogen and oxygen atoms in total. The SMILES string of the molecule is Cc1ccccc1N1CCN(C(=O)C2(n3cccn3)CCNCC2)CC1.Cl.Cl. The molecule has 0 bridgehead atoms. The summed E-state index contributed by atoms with van der Waals surface area (Å²) >= 11 is 0. The van der Waals surface area contributed by atoms with Crippen molar-refractivity contribution in [2.75, 3.05) is 44.2 Å². The van der Waals surface area contributed by atoms with Gasteiger partial charge in [-0.05, 0) is 50.6 Å². The Morgan fingerprint density at radius 2 is 1.71 bits per heavy atom. The topological polar surface area (TPSA) is 53.4 Å². The van der Waals surface area contributed by atoms with Crippen LogP contribution in [0, 0.1) is 6.92 Å². The average molecular weight is 426 g/mol. The van der Waals surface area contributed by atoms with Crippen LogP contribution in [-0.4, -0.2) is 59.9 Å². The first-order valence-electron chi connectivity index (χ1n) is 9.51. The summed E-state index contributed by atoms with van der Waals surface area (Å²) in [6, 6.07) is 10.4. The summed E-state index contributed by atoms with van der Waals surface area (Å²) < 4.78 is 1.89. The van der Waals surface area contributed by atoms with Crippen LogP contribution < -0.4 is 10.2 Å². The molecule has 3 heterocycles. The molecule has 1 N–H and O–H groups in total. The number of nitrogens with one attached hydrogen (secondary N) is 1. The minimum atomic E-state index is -0.528. The molecule has 0 atom stereocenters. The van der Waals surface area contributed by atoms with Gasteiger partial charge in [-0.15, -0.1) is 24.8 Å². The van der Waals surface area contributed by atoms with Gasteiger partial charge in [0.1, 0.15) is 5.54 Å². The Bertz CT molecular complexity index is 754. The summed E-state index contributed by atoms with van der Waals surface area (Å²) in [6.45, 7) is 7.15. The third kappa shape index (κ3) is 4.14. The summed E-state index contributed by atoms with van der Waals surface area (Å²) in [5.74, 6) is 0.229. The van der Waals surface area contributed by atoms with E-state index in [4.69, 9.17) is 0 Å². The van der Waals surface area contributed by atoms with E-state index in [-0.39, 0.29) is 30.7 Å². The number of rotatable bonds is 3. The van der Waals surface area contributed by atoms with Crippen LogP contribution >= 0.6 is 24.8 Å². The number of nitrogens with zero attached hydrogens (tertiary/aromatic N) is 4. The van der Waals surface area contributed by atoms with E-state index < -0.39 is 5.54 Å². The molecule has 0 saturated carbocycles. The van der Waals surface area contributed by atoms with Crippen molar-refractivity contribution in [1.29, 1.82) is 0 Å². The lowest BCUT2D eigenvalue weighted by Gasteiger charge is -2.43. The van der Waals surface area contributed by atoms with E-state index >= 15 is 0 Å². The second kappa shape index (κ2) is 9.63. The van der Waals surface area contributed by atoms with Gasteiger partial charge >= 0.3 is 0 Å². The summed E-state index contributed by atoms with van der Waals surface area (Å²) in [6.07, 6.45) is 5.30. The maximum absolute atomic E-state index is 13.5. The lowest BCUT2D eigenvalue weighted by molar-refractivity contribution is -0.143. The summed E-state index contributed by atoms with van der Waals surface area (Å²) in [7, 11) is 0. The maximum atomic E-state index is 13.5. The van der Waals surface area contributed by atoms with Gasteiger partial charge in [-0.3, -0.25) is 9.48 Å². The predicted molar refractivity (Wildman–Crippen MR) is 117 cm³/mol. The Hall–Kier alpha value is -1.76. The lowest BCUT2D eigenvalue weighted by atomic mass is 9.86. The van der Waals surface area contributed by atoms with E-state index in [2.05, 4.69) is 46.5 Å². The molecule has 1 aromatic carbocycles. The van der Waals surface area contributed by atoms with Crippen molar-refractivity contribution in [3.05, 3.63) is 48.3 Å². The van der Waals surface area contributed by atoms with E-state index in [0.29, 0.717) is 0 Å². The van der Waals surface area contributed by atoms with Crippen LogP contribution in [0.1, 0.15) is 18.4 Å². The van der Waals surface area contributed by atoms with Crippen LogP contribution in [0.2, 0.25) is 0 Å². The number of aryl methyl sites for hydroxylation is 1. The Labute approximate surface area is 179 Å². The first-order valence-corrected chi connectivity index (χ1v) is 9.51. The third-order valence-electron chi connectivity index (χ3n) is 5.79. The Morgan fingerprint density at radius 1 is 1.04 bits per heavy atom. The van der Waals surface area contributed by atoms with E-state index in [9.17, 15) is 4.79 Å². The molecule has 0 spiro atoms. The smallest absolute Gasteiger partial charge is 0.250 e. The minimum absolute atomic E-state index is 0. The highest BCUT2D eigenvalue weighted by molar-refractivity contribution is 5.86. The number of carbonyl (C=O) groups excluding carboxylic acids is 1. The van der Waals surface area contributed by atoms with Crippen LogP contribution in [0.3, 0.4) is 0 Å². The van der Waals surface area contributed by atoms with Crippen molar-refractivity contribution in [3.8, 4) is 0 Å². The van der Waals surface area contributed by atoms with Gasteiger partial charge < -0.3 is 15.1 Å². The Morgan fingerprint density at radius 3 is 2.32 bits per heavy atom. The average Bonchev–Trinajstić information content (AvgIpc) is 3.24. The number of para-hydroxylation sites is 1. The van der Waals surface area contributed by atoms with Crippen LogP contribution in [0.4, 0.5) is 5.69 Å². The summed E-state index contributed by atoms with van der Waals surface area (Å²) in [5.41, 5.74) is 2.04. The van der Waals surface area contributed by atoms with Crippen molar-refractivity contribution >= 4 is 36.4 Å². The number of hydrogen-bond acceptors (Lipinski definition) is 4. The molecule has 154 valence electrons. The first kappa shape index (κ1) is 22.5. The summed E-state index contributed by atoms with van der Waals surface area (Å²) in [4.78, 5) is 17.9. The van der Waals surface area contributed by atoms with Gasteiger partial charge in [0.15, 0.2) is 0 Å². The van der Waals surface area contributed by atoms with Gasteiger partial charge in [0, 0.05) is 44.3 Å². The maximum Gasteiger partial charge on any atom is 0.250 e. The molecular formula is C20H29Cl2N5O. The predicted octanol–water partition coefficient (Wildman–Crippen LogP) is 2.46. The van der Waals surface area contributed by atoms with Gasteiger partial charge in [0.25, 0.3) is 5.91 Å². The zero-order valence-electron chi connectivity index (χ0n) is 16.2. The molecule has 2 saturated heterocycles. The van der Waals surface area contributed by atoms with E-state index in [0.717, 1.165) is 52.1 Å². The molecule has 0 aliphatic carbocycles. The molecule has 2 aliphatic rings. The fraction of sp³-hybridized carbons (Fsp3) is 0.500. The van der Waals surface area contributed by atoms with Gasteiger partial charge in [0.2, 0.25) is 0 Å². The van der Waals surface area contributed by atoms with Gasteiger partial charge in [-0.2, -0.15) is 5.10 Å². The molecule has 1 amide bonds. The highest BCUT2D eigenvalue weighted by atomic mass is 35.5. The molecule has 2 aromatic rings. The zero-order chi connectivity index (χ0) is 18.0. The monoisotopic (exact) mass is 425 g/mol. The molecule has 8 heteroatoms. The molecular weight excluding hydrogens is 397 g/mol. The number of anilines is 1. The molecule has 0 unspecified atom stereocenters. The number of carbonyl (C=O) groups is 1. The fourth-order valence-electron chi connectivity index (χ4n) is 4.27. The van der Waals surface area contributed by atoms with Crippen molar-refractivity contribution in [3.63, 3.8) is 0 Å². The number of benzene rings is 1. The number of piperidine rings is 1. The number of amides is 1. The third-order valence-corrected chi connectivity index (χ3v) is 5.79. The van der Waals surface area contributed by atoms with Gasteiger partial charge in [-0.25, -0.2) is 0 Å². The molecule has 2 fully saturated rings. The number of halogens is 2. The Balaban J connectivity index is 0.00000140. The Kier molecular flexibility index (Phi) is 7.75. The largest absolute Gasteiger partial charge is 0.368 e. The van der Waals surface area contributed by atoms with E-state index in [1.807, 2.05) is 21.8 Å². The molecule has 1 aromatic heterocycles. The van der Waals surface area contributed by atoms with Crippen LogP contribution in [0.25, 0.3) is 0 Å². The second-order valence-electron chi connectivity index (χ2n) is 7.30. The molecule has 4 rings (SSSR count). The van der Waals surface area contributed by atoms with Gasteiger partial charge in [-0.1, -0.05) is 18.2 Å². The fourth-order valence-corrected chi connectivity index (χ4v) is 4.27. The molecule has 0 radical (unpaired) electrons.